The Kier molecular flexibility index (Phi) is 7.14. The molecule has 1 aliphatic heterocycles. The van der Waals surface area contributed by atoms with Crippen LogP contribution in [0.4, 0.5) is 10.1 Å². The van der Waals surface area contributed by atoms with Crippen molar-refractivity contribution in [2.24, 2.45) is 5.11 Å². The zero-order valence-electron chi connectivity index (χ0n) is 15.6. The highest BCUT2D eigenvalue weighted by molar-refractivity contribution is 7.90. The van der Waals surface area contributed by atoms with Gasteiger partial charge in [0.15, 0.2) is 0 Å². The van der Waals surface area contributed by atoms with Gasteiger partial charge in [0.1, 0.15) is 10.6 Å². The highest BCUT2D eigenvalue weighted by atomic mass is 32.2. The van der Waals surface area contributed by atoms with E-state index in [9.17, 15) is 8.94 Å². The summed E-state index contributed by atoms with van der Waals surface area (Å²) in [6.45, 7) is 9.49. The molecule has 3 atom stereocenters. The van der Waals surface area contributed by atoms with Crippen molar-refractivity contribution in [3.8, 4) is 0 Å². The van der Waals surface area contributed by atoms with Crippen molar-refractivity contribution in [3.05, 3.63) is 40.0 Å². The van der Waals surface area contributed by atoms with Crippen LogP contribution < -0.4 is 9.62 Å². The molecule has 144 valence electrons. The molecule has 0 radical (unpaired) electrons. The van der Waals surface area contributed by atoms with Crippen molar-refractivity contribution in [3.63, 3.8) is 0 Å². The molecule has 9 heteroatoms. The van der Waals surface area contributed by atoms with Crippen LogP contribution in [-0.4, -0.2) is 41.6 Å². The van der Waals surface area contributed by atoms with E-state index in [1.54, 1.807) is 6.07 Å². The van der Waals surface area contributed by atoms with Gasteiger partial charge in [-0.25, -0.2) is 4.39 Å². The maximum Gasteiger partial charge on any atom is 0.136 e. The Morgan fingerprint density at radius 2 is 2.27 bits per heavy atom. The Morgan fingerprint density at radius 1 is 1.54 bits per heavy atom. The summed E-state index contributed by atoms with van der Waals surface area (Å²) in [5.74, 6) is -0.335. The van der Waals surface area contributed by atoms with E-state index in [-0.39, 0.29) is 24.5 Å². The van der Waals surface area contributed by atoms with Crippen molar-refractivity contribution >= 4 is 17.0 Å². The van der Waals surface area contributed by atoms with Crippen LogP contribution in [0.25, 0.3) is 10.4 Å². The molecule has 1 aliphatic rings. The normalized spacial score (nSPS) is 20.4. The average molecular weight is 383 g/mol. The number of azide groups is 1. The largest absolute Gasteiger partial charge is 0.598 e. The Bertz CT molecular complexity index is 663. The molecule has 0 amide bonds. The first-order chi connectivity index (χ1) is 12.2. The molecule has 1 N–H and O–H groups in total. The molecule has 7 nitrogen and oxygen atoms in total. The lowest BCUT2D eigenvalue weighted by Gasteiger charge is -2.36. The third kappa shape index (κ3) is 5.49. The van der Waals surface area contributed by atoms with Crippen molar-refractivity contribution in [1.82, 2.24) is 4.72 Å². The van der Waals surface area contributed by atoms with E-state index < -0.39 is 16.1 Å². The molecular formula is C17H26FN5O2S. The summed E-state index contributed by atoms with van der Waals surface area (Å²) >= 11 is -1.27. The van der Waals surface area contributed by atoms with Gasteiger partial charge in [-0.2, -0.15) is 0 Å². The molecule has 2 unspecified atom stereocenters. The number of halogens is 1. The van der Waals surface area contributed by atoms with Crippen LogP contribution in [0.1, 0.15) is 39.3 Å². The van der Waals surface area contributed by atoms with E-state index in [0.29, 0.717) is 19.7 Å². The molecule has 1 saturated heterocycles. The minimum atomic E-state index is -1.27. The lowest BCUT2D eigenvalue weighted by molar-refractivity contribution is 0.0465. The van der Waals surface area contributed by atoms with E-state index in [2.05, 4.69) is 19.6 Å². The quantitative estimate of drug-likeness (QED) is 0.352. The summed E-state index contributed by atoms with van der Waals surface area (Å²) in [4.78, 5) is 4.86. The third-order valence-electron chi connectivity index (χ3n) is 4.12. The van der Waals surface area contributed by atoms with Gasteiger partial charge in [-0.15, -0.1) is 4.72 Å². The van der Waals surface area contributed by atoms with Gasteiger partial charge in [0.05, 0.1) is 25.3 Å². The van der Waals surface area contributed by atoms with Gasteiger partial charge >= 0.3 is 0 Å². The van der Waals surface area contributed by atoms with Crippen LogP contribution in [0, 0.1) is 5.82 Å². The van der Waals surface area contributed by atoms with Crippen LogP contribution in [0.5, 0.6) is 0 Å². The Labute approximate surface area is 156 Å². The molecule has 0 aromatic heterocycles. The molecule has 1 aromatic rings. The van der Waals surface area contributed by atoms with E-state index >= 15 is 0 Å². The molecule has 1 fully saturated rings. The first kappa shape index (κ1) is 20.8. The highest BCUT2D eigenvalue weighted by Crippen LogP contribution is 2.30. The zero-order valence-corrected chi connectivity index (χ0v) is 16.4. The summed E-state index contributed by atoms with van der Waals surface area (Å²) in [5, 5.41) is 3.58. The number of anilines is 1. The summed E-state index contributed by atoms with van der Waals surface area (Å²) < 4.78 is 34.6. The second-order valence-corrected chi connectivity index (χ2v) is 9.27. The smallest absolute Gasteiger partial charge is 0.136 e. The van der Waals surface area contributed by atoms with Gasteiger partial charge in [-0.1, -0.05) is 5.11 Å². The molecule has 0 bridgehead atoms. The van der Waals surface area contributed by atoms with Crippen LogP contribution >= 0.6 is 0 Å². The molecule has 26 heavy (non-hydrogen) atoms. The number of benzene rings is 1. The standard InChI is InChI=1S/C17H26FN5O2S/c1-12(21-26(24)17(2,3)4)15-9-13(18)5-6-16(15)23-7-8-25-14(11-23)10-20-22-19/h5-6,9,12,14,21H,7-8,10-11H2,1-4H3/t12?,14-,26?/m0/s1. The van der Waals surface area contributed by atoms with Crippen molar-refractivity contribution < 1.29 is 13.7 Å². The topological polar surface area (TPSA) is 96.3 Å². The van der Waals surface area contributed by atoms with Crippen LogP contribution in [0.3, 0.4) is 0 Å². The van der Waals surface area contributed by atoms with Crippen LogP contribution in [0.15, 0.2) is 23.3 Å². The van der Waals surface area contributed by atoms with Gasteiger partial charge in [0.25, 0.3) is 0 Å². The van der Waals surface area contributed by atoms with E-state index in [0.717, 1.165) is 11.3 Å². The number of hydrogen-bond donors (Lipinski definition) is 1. The van der Waals surface area contributed by atoms with Gasteiger partial charge in [0, 0.05) is 35.1 Å². The predicted molar refractivity (Wildman–Crippen MR) is 102 cm³/mol. The highest BCUT2D eigenvalue weighted by Gasteiger charge is 2.30. The van der Waals surface area contributed by atoms with Crippen molar-refractivity contribution in [1.29, 1.82) is 0 Å². The Morgan fingerprint density at radius 3 is 2.92 bits per heavy atom. The van der Waals surface area contributed by atoms with Gasteiger partial charge in [-0.05, 0) is 57.0 Å². The minimum absolute atomic E-state index is 0.204. The first-order valence-electron chi connectivity index (χ1n) is 8.57. The molecule has 0 spiro atoms. The molecule has 1 heterocycles. The molecular weight excluding hydrogens is 357 g/mol. The SMILES string of the molecule is CC(N[S+]([O-])C(C)(C)C)c1cc(F)ccc1N1CCO[C@@H](CN=[N+]=[N-])C1. The van der Waals surface area contributed by atoms with Crippen LogP contribution in [0.2, 0.25) is 0 Å². The molecule has 1 aromatic carbocycles. The van der Waals surface area contributed by atoms with Gasteiger partial charge in [-0.3, -0.25) is 0 Å². The summed E-state index contributed by atoms with van der Waals surface area (Å²) in [7, 11) is 0. The maximum atomic E-state index is 13.9. The average Bonchev–Trinajstić information content (AvgIpc) is 2.59. The number of rotatable bonds is 6. The predicted octanol–water partition coefficient (Wildman–Crippen LogP) is 3.45. The van der Waals surface area contributed by atoms with E-state index in [1.165, 1.54) is 12.1 Å². The number of hydrogen-bond acceptors (Lipinski definition) is 5. The van der Waals surface area contributed by atoms with Crippen molar-refractivity contribution in [2.75, 3.05) is 31.1 Å². The number of nitrogens with zero attached hydrogens (tertiary/aromatic N) is 4. The Balaban J connectivity index is 2.22. The summed E-state index contributed by atoms with van der Waals surface area (Å²) in [6.07, 6.45) is -0.204. The van der Waals surface area contributed by atoms with Crippen LogP contribution in [-0.2, 0) is 16.1 Å². The monoisotopic (exact) mass is 383 g/mol. The van der Waals surface area contributed by atoms with Crippen molar-refractivity contribution in [2.45, 2.75) is 44.6 Å². The fraction of sp³-hybridized carbons (Fsp3) is 0.647. The summed E-state index contributed by atoms with van der Waals surface area (Å²) in [6, 6.07) is 4.34. The fourth-order valence-electron chi connectivity index (χ4n) is 2.74. The maximum absolute atomic E-state index is 13.9. The zero-order chi connectivity index (χ0) is 19.3. The third-order valence-corrected chi connectivity index (χ3v) is 5.80. The lowest BCUT2D eigenvalue weighted by Crippen LogP contribution is -2.45. The number of morpholine rings is 1. The molecule has 2 rings (SSSR count). The van der Waals surface area contributed by atoms with E-state index in [1.807, 2.05) is 27.7 Å². The summed E-state index contributed by atoms with van der Waals surface area (Å²) in [5.41, 5.74) is 10.1. The lowest BCUT2D eigenvalue weighted by atomic mass is 10.0. The number of nitrogens with one attached hydrogen (secondary N) is 1. The second kappa shape index (κ2) is 8.92. The molecule has 0 aliphatic carbocycles. The molecule has 0 saturated carbocycles. The second-order valence-electron chi connectivity index (χ2n) is 7.28. The first-order valence-corrected chi connectivity index (χ1v) is 9.72. The van der Waals surface area contributed by atoms with Gasteiger partial charge < -0.3 is 14.2 Å². The fourth-order valence-corrected chi connectivity index (χ4v) is 3.54. The minimum Gasteiger partial charge on any atom is -0.598 e. The van der Waals surface area contributed by atoms with Gasteiger partial charge in [0.2, 0.25) is 0 Å². The Hall–Kier alpha value is -1.51. The number of ether oxygens (including phenoxy) is 1. The van der Waals surface area contributed by atoms with E-state index in [4.69, 9.17) is 10.3 Å².